The van der Waals surface area contributed by atoms with Gasteiger partial charge in [0.25, 0.3) is 0 Å². The third-order valence-electron chi connectivity index (χ3n) is 9.70. The third kappa shape index (κ3) is 7.28. The lowest BCUT2D eigenvalue weighted by atomic mass is 9.88. The molecule has 0 bridgehead atoms. The second-order valence-electron chi connectivity index (χ2n) is 14.5. The molecule has 0 unspecified atom stereocenters. The predicted octanol–water partition coefficient (Wildman–Crippen LogP) is 14.9. The van der Waals surface area contributed by atoms with Gasteiger partial charge >= 0.3 is 0 Å². The maximum atomic E-state index is 8.89. The molecule has 57 heavy (non-hydrogen) atoms. The molecule has 0 saturated heterocycles. The fraction of sp³-hybridized carbons (Fsp3) is 0.0784. The fourth-order valence-electron chi connectivity index (χ4n) is 6.95. The van der Waals surface area contributed by atoms with Crippen LogP contribution >= 0.6 is 15.9 Å². The van der Waals surface area contributed by atoms with Crippen LogP contribution in [0.2, 0.25) is 0 Å². The van der Waals surface area contributed by atoms with E-state index < -0.39 is 60.4 Å². The van der Waals surface area contributed by atoms with E-state index in [1.807, 2.05) is 72.9 Å². The number of anilines is 4. The zero-order valence-electron chi connectivity index (χ0n) is 41.2. The minimum absolute atomic E-state index is 0.0772. The van der Waals surface area contributed by atoms with Crippen molar-refractivity contribution in [2.45, 2.75) is 26.2 Å². The monoisotopic (exact) mass is 814 g/mol. The standard InChI is InChI=1S/C51H41BrN4O/c1-51(2,3)36-29-30-53-48(31-36)56-46-26-11-10-21-42(46)43-28-27-39(33-47(43)56)57-38-20-12-19-37(32-38)54-45-25-14-24-44(52)50(45)55-49-40(34-15-6-4-7-16-34)22-13-23-41(49)35-17-8-5-9-18-35/h4-33,54-55H,1-3H3/i4D,5D,6D,7D,8D,9D,15D,16D,17D,18D. The fourth-order valence-corrected chi connectivity index (χ4v) is 7.42. The first-order valence-electron chi connectivity index (χ1n) is 23.3. The molecule has 2 heterocycles. The van der Waals surface area contributed by atoms with Crippen LogP contribution in [0, 0.1) is 0 Å². The van der Waals surface area contributed by atoms with Crippen LogP contribution in [0.25, 0.3) is 49.9 Å². The average Bonchev–Trinajstić information content (AvgIpc) is 3.64. The lowest BCUT2D eigenvalue weighted by molar-refractivity contribution is 0.483. The minimum Gasteiger partial charge on any atom is -0.457 e. The smallest absolute Gasteiger partial charge is 0.137 e. The van der Waals surface area contributed by atoms with Crippen molar-refractivity contribution in [3.8, 4) is 39.6 Å². The molecule has 0 fully saturated rings. The van der Waals surface area contributed by atoms with Gasteiger partial charge in [-0.25, -0.2) is 4.98 Å². The van der Waals surface area contributed by atoms with Crippen molar-refractivity contribution in [2.75, 3.05) is 10.6 Å². The van der Waals surface area contributed by atoms with E-state index in [0.717, 1.165) is 33.2 Å². The predicted molar refractivity (Wildman–Crippen MR) is 242 cm³/mol. The number of aromatic nitrogens is 2. The number of halogens is 1. The van der Waals surface area contributed by atoms with Gasteiger partial charge in [0.1, 0.15) is 17.3 Å². The van der Waals surface area contributed by atoms with Gasteiger partial charge in [-0.15, -0.1) is 0 Å². The van der Waals surface area contributed by atoms with Crippen molar-refractivity contribution >= 4 is 60.5 Å². The minimum atomic E-state index is -0.568. The summed E-state index contributed by atoms with van der Waals surface area (Å²) in [7, 11) is 0. The first-order chi connectivity index (χ1) is 31.9. The van der Waals surface area contributed by atoms with Gasteiger partial charge in [-0.1, -0.05) is 130 Å². The number of hydrogen-bond acceptors (Lipinski definition) is 4. The SMILES string of the molecule is [2H]c1c([2H])c([2H])c(-c2cccc(-c3c([2H])c([2H])c([2H])c([2H])c3[2H])c2Nc2c(Br)cccc2Nc2cccc(Oc3ccc4c5ccccc5n(-c5cc(C(C)(C)C)ccn5)c4c3)c2)c([2H])c1[2H]. The Hall–Kier alpha value is -6.63. The highest BCUT2D eigenvalue weighted by Gasteiger charge is 2.19. The van der Waals surface area contributed by atoms with Crippen LogP contribution in [0.4, 0.5) is 22.7 Å². The summed E-state index contributed by atoms with van der Waals surface area (Å²) in [6.07, 6.45) is 1.85. The maximum absolute atomic E-state index is 8.89. The first-order valence-corrected chi connectivity index (χ1v) is 19.1. The van der Waals surface area contributed by atoms with Gasteiger partial charge in [-0.3, -0.25) is 4.57 Å². The van der Waals surface area contributed by atoms with Gasteiger partial charge in [-0.2, -0.15) is 0 Å². The number of nitrogens with one attached hydrogen (secondary N) is 2. The van der Waals surface area contributed by atoms with Crippen LogP contribution in [0.1, 0.15) is 40.0 Å². The summed E-state index contributed by atoms with van der Waals surface area (Å²) in [6, 6.07) is 30.7. The van der Waals surface area contributed by atoms with Gasteiger partial charge in [0.15, 0.2) is 0 Å². The molecule has 7 aromatic carbocycles. The maximum Gasteiger partial charge on any atom is 0.137 e. The highest BCUT2D eigenvalue weighted by atomic mass is 79.9. The van der Waals surface area contributed by atoms with E-state index in [-0.39, 0.29) is 33.4 Å². The van der Waals surface area contributed by atoms with Crippen LogP contribution in [0.5, 0.6) is 11.5 Å². The quantitative estimate of drug-likeness (QED) is 0.152. The second-order valence-corrected chi connectivity index (χ2v) is 15.3. The van der Waals surface area contributed by atoms with E-state index >= 15 is 0 Å². The Bertz CT molecular complexity index is 3330. The zero-order chi connectivity index (χ0) is 47.6. The third-order valence-corrected chi connectivity index (χ3v) is 10.4. The van der Waals surface area contributed by atoms with Crippen LogP contribution in [-0.4, -0.2) is 9.55 Å². The molecule has 0 amide bonds. The van der Waals surface area contributed by atoms with E-state index in [0.29, 0.717) is 33.0 Å². The molecule has 0 atom stereocenters. The lowest BCUT2D eigenvalue weighted by Gasteiger charge is -2.21. The van der Waals surface area contributed by atoms with E-state index in [4.69, 9.17) is 23.4 Å². The number of hydrogen-bond donors (Lipinski definition) is 2. The number of pyridine rings is 1. The molecule has 0 aliphatic carbocycles. The summed E-state index contributed by atoms with van der Waals surface area (Å²) < 4.78 is 95.1. The molecule has 2 aromatic heterocycles. The van der Waals surface area contributed by atoms with Crippen LogP contribution in [0.3, 0.4) is 0 Å². The molecule has 6 heteroatoms. The highest BCUT2D eigenvalue weighted by molar-refractivity contribution is 9.10. The number of para-hydroxylation sites is 3. The molecular weight excluding hydrogens is 764 g/mol. The molecule has 278 valence electrons. The molecule has 9 rings (SSSR count). The average molecular weight is 816 g/mol. The summed E-state index contributed by atoms with van der Waals surface area (Å²) in [5.41, 5.74) is 4.81. The van der Waals surface area contributed by atoms with Crippen molar-refractivity contribution in [3.63, 3.8) is 0 Å². The Morgan fingerprint density at radius 2 is 1.28 bits per heavy atom. The van der Waals surface area contributed by atoms with Gasteiger partial charge < -0.3 is 15.4 Å². The first kappa shape index (κ1) is 26.3. The van der Waals surface area contributed by atoms with E-state index in [1.54, 1.807) is 24.3 Å². The van der Waals surface area contributed by atoms with Crippen molar-refractivity contribution in [3.05, 3.63) is 192 Å². The molecule has 0 spiro atoms. The highest BCUT2D eigenvalue weighted by Crippen LogP contribution is 2.43. The summed E-state index contributed by atoms with van der Waals surface area (Å²) in [5.74, 6) is 1.95. The summed E-state index contributed by atoms with van der Waals surface area (Å²) in [6.45, 7) is 6.54. The van der Waals surface area contributed by atoms with Crippen LogP contribution < -0.4 is 15.4 Å². The summed E-state index contributed by atoms with van der Waals surface area (Å²) in [5, 5.41) is 9.02. The summed E-state index contributed by atoms with van der Waals surface area (Å²) >= 11 is 3.68. The summed E-state index contributed by atoms with van der Waals surface area (Å²) in [4.78, 5) is 4.80. The molecule has 0 aliphatic rings. The van der Waals surface area contributed by atoms with Gasteiger partial charge in [0, 0.05) is 50.4 Å². The molecular formula is C51H41BrN4O. The molecule has 0 aliphatic heterocycles. The number of ether oxygens (including phenoxy) is 1. The number of nitrogens with zero attached hydrogens (tertiary/aromatic N) is 2. The molecule has 9 aromatic rings. The Morgan fingerprint density at radius 3 is 2.02 bits per heavy atom. The molecule has 5 nitrogen and oxygen atoms in total. The van der Waals surface area contributed by atoms with Crippen LogP contribution in [0.15, 0.2) is 186 Å². The largest absolute Gasteiger partial charge is 0.457 e. The molecule has 0 saturated carbocycles. The van der Waals surface area contributed by atoms with E-state index in [1.165, 1.54) is 0 Å². The van der Waals surface area contributed by atoms with Crippen molar-refractivity contribution < 1.29 is 18.4 Å². The van der Waals surface area contributed by atoms with E-state index in [2.05, 4.69) is 76.2 Å². The van der Waals surface area contributed by atoms with Gasteiger partial charge in [0.05, 0.1) is 41.8 Å². The van der Waals surface area contributed by atoms with Crippen LogP contribution in [-0.2, 0) is 5.41 Å². The Labute approximate surface area is 355 Å². The Kier molecular flexibility index (Phi) is 6.97. The topological polar surface area (TPSA) is 51.1 Å². The number of fused-ring (bicyclic) bond motifs is 3. The zero-order valence-corrected chi connectivity index (χ0v) is 32.8. The molecule has 0 radical (unpaired) electrons. The number of rotatable bonds is 9. The number of benzene rings is 7. The Morgan fingerprint density at radius 1 is 0.614 bits per heavy atom. The van der Waals surface area contributed by atoms with Crippen molar-refractivity contribution in [1.29, 1.82) is 0 Å². The van der Waals surface area contributed by atoms with Gasteiger partial charge in [0.2, 0.25) is 0 Å². The lowest BCUT2D eigenvalue weighted by Crippen LogP contribution is -2.12. The van der Waals surface area contributed by atoms with Crippen molar-refractivity contribution in [1.82, 2.24) is 9.55 Å². The second kappa shape index (κ2) is 15.1. The normalized spacial score (nSPS) is 14.0. The van der Waals surface area contributed by atoms with Crippen molar-refractivity contribution in [2.24, 2.45) is 0 Å². The van der Waals surface area contributed by atoms with E-state index in [9.17, 15) is 0 Å². The Balaban J connectivity index is 1.12. The van der Waals surface area contributed by atoms with Gasteiger partial charge in [-0.05, 0) is 92.6 Å². The molecule has 2 N–H and O–H groups in total.